The maximum Gasteiger partial charge on any atom is 0.329 e. The second kappa shape index (κ2) is 50.7. The molecule has 10 aromatic carbocycles. The molecule has 141 heavy (non-hydrogen) atoms. The molecule has 4 aliphatic rings. The van der Waals surface area contributed by atoms with E-state index < -0.39 is 17.6 Å². The van der Waals surface area contributed by atoms with E-state index in [1.54, 1.807) is 79.1 Å². The molecule has 0 radical (unpaired) electrons. The van der Waals surface area contributed by atoms with Crippen molar-refractivity contribution in [3.8, 4) is 45.5 Å². The number of anilines is 2. The number of hydrogen-bond acceptors (Lipinski definition) is 21. The molecule has 4 atom stereocenters. The Morgan fingerprint density at radius 3 is 1.29 bits per heavy atom. The van der Waals surface area contributed by atoms with Crippen molar-refractivity contribution in [1.82, 2.24) is 30.2 Å². The van der Waals surface area contributed by atoms with Gasteiger partial charge in [-0.15, -0.1) is 0 Å². The van der Waals surface area contributed by atoms with Gasteiger partial charge >= 0.3 is 5.97 Å². The molecular formula is C110H112Cl6F2N10O13. The van der Waals surface area contributed by atoms with Crippen molar-refractivity contribution in [1.29, 1.82) is 0 Å². The molecule has 0 spiro atoms. The summed E-state index contributed by atoms with van der Waals surface area (Å²) in [5, 5.41) is 16.0. The SMILES string of the molecule is CC(C)C[C@H]1CNC[C@@H](c2ccc(Cl)cc2)N1c1ccc(Cl)cc1.COc1cc(Cc2ncc3c(n2)-c2ccc(Cl)cc2C(c2c(F)cccc2OC)=NC3)ccc1C(=O)CCCOCCOCC(=O)N1C[C@H](CC(C)C)N(c2ccc(Cl)cc2)[C@H](c2ccc(Cl)cc2)C1.COc1cc(Cc2ncc3c(n2)-c2ccc(Cl)cc2C(c2c(F)cccc2OC)=NC3)ccc1C(=O)CCCOCCOCC(=O)O. The fourth-order valence-electron chi connectivity index (χ4n) is 18.0. The largest absolute Gasteiger partial charge is 0.496 e. The minimum absolute atomic E-state index is 0.0644. The van der Waals surface area contributed by atoms with E-state index in [-0.39, 0.29) is 106 Å². The summed E-state index contributed by atoms with van der Waals surface area (Å²) in [6, 6.07) is 63.8. The molecule has 6 heterocycles. The maximum absolute atomic E-state index is 15.4. The van der Waals surface area contributed by atoms with Gasteiger partial charge in [-0.05, 0) is 205 Å². The van der Waals surface area contributed by atoms with Crippen LogP contribution in [0, 0.1) is 23.5 Å². The number of carboxylic acids is 1. The molecule has 1 amide bonds. The monoisotopic (exact) mass is 2030 g/mol. The molecule has 2 saturated heterocycles. The first kappa shape index (κ1) is 105. The lowest BCUT2D eigenvalue weighted by molar-refractivity contribution is -0.142. The number of hydrogen-bond donors (Lipinski definition) is 2. The van der Waals surface area contributed by atoms with Crippen LogP contribution < -0.4 is 34.1 Å². The number of nitrogens with zero attached hydrogens (tertiary/aromatic N) is 9. The molecule has 4 aliphatic heterocycles. The van der Waals surface area contributed by atoms with Crippen molar-refractivity contribution < 1.29 is 71.0 Å². The summed E-state index contributed by atoms with van der Waals surface area (Å²) in [6.07, 6.45) is 7.75. The van der Waals surface area contributed by atoms with Gasteiger partial charge in [0.15, 0.2) is 11.6 Å². The van der Waals surface area contributed by atoms with E-state index in [9.17, 15) is 19.2 Å². The predicted octanol–water partition coefficient (Wildman–Crippen LogP) is 23.2. The number of aliphatic imine (C=N–C) groups is 2. The highest BCUT2D eigenvalue weighted by Crippen LogP contribution is 2.43. The number of carbonyl (C=O) groups is 4. The number of carboxylic acid groups (broad SMARTS) is 1. The van der Waals surface area contributed by atoms with Gasteiger partial charge in [-0.1, -0.05) is 158 Å². The van der Waals surface area contributed by atoms with Crippen molar-refractivity contribution in [2.45, 2.75) is 116 Å². The highest BCUT2D eigenvalue weighted by Gasteiger charge is 2.39. The lowest BCUT2D eigenvalue weighted by Crippen LogP contribution is -2.57. The lowest BCUT2D eigenvalue weighted by Gasteiger charge is -2.49. The van der Waals surface area contributed by atoms with Crippen LogP contribution in [0.2, 0.25) is 30.1 Å². The molecule has 23 nitrogen and oxygen atoms in total. The molecule has 0 aliphatic carbocycles. The molecule has 16 rings (SSSR count). The van der Waals surface area contributed by atoms with E-state index in [4.69, 9.17) is 133 Å². The number of carbonyl (C=O) groups excluding carboxylic acids is 3. The molecule has 2 N–H and O–H groups in total. The van der Waals surface area contributed by atoms with Crippen molar-refractivity contribution in [2.24, 2.45) is 21.8 Å². The number of benzene rings is 10. The zero-order valence-corrected chi connectivity index (χ0v) is 84.2. The number of aromatic nitrogens is 4. The predicted molar refractivity (Wildman–Crippen MR) is 551 cm³/mol. The molecule has 736 valence electrons. The summed E-state index contributed by atoms with van der Waals surface area (Å²) in [5.41, 5.74) is 14.2. The number of ether oxygens (including phenoxy) is 8. The van der Waals surface area contributed by atoms with Crippen LogP contribution >= 0.6 is 69.6 Å². The number of rotatable bonds is 38. The van der Waals surface area contributed by atoms with Crippen LogP contribution in [0.4, 0.5) is 20.2 Å². The van der Waals surface area contributed by atoms with Gasteiger partial charge in [0.25, 0.3) is 0 Å². The van der Waals surface area contributed by atoms with E-state index in [0.29, 0.717) is 176 Å². The third kappa shape index (κ3) is 27.5. The molecule has 12 aromatic rings. The number of ketones is 2. The van der Waals surface area contributed by atoms with E-state index in [2.05, 4.69) is 77.0 Å². The van der Waals surface area contributed by atoms with Crippen LogP contribution in [-0.2, 0) is 54.5 Å². The van der Waals surface area contributed by atoms with Gasteiger partial charge in [0.2, 0.25) is 5.91 Å². The number of piperazine rings is 2. The highest BCUT2D eigenvalue weighted by atomic mass is 35.5. The number of fused-ring (bicyclic) bond motifs is 6. The quantitative estimate of drug-likeness (QED) is 0.0269. The van der Waals surface area contributed by atoms with Crippen LogP contribution in [0.5, 0.6) is 23.0 Å². The van der Waals surface area contributed by atoms with Gasteiger partial charge in [0.05, 0.1) is 125 Å². The summed E-state index contributed by atoms with van der Waals surface area (Å²) in [7, 11) is 6.03. The average Bonchev–Trinajstić information content (AvgIpc) is 1.68. The van der Waals surface area contributed by atoms with Crippen molar-refractivity contribution in [2.75, 3.05) is 117 Å². The second-order valence-corrected chi connectivity index (χ2v) is 37.9. The Morgan fingerprint density at radius 2 is 0.851 bits per heavy atom. The van der Waals surface area contributed by atoms with Crippen molar-refractivity contribution >= 4 is 116 Å². The van der Waals surface area contributed by atoms with Crippen molar-refractivity contribution in [3.63, 3.8) is 0 Å². The van der Waals surface area contributed by atoms with Crippen molar-refractivity contribution in [3.05, 3.63) is 339 Å². The zero-order valence-electron chi connectivity index (χ0n) is 79.7. The number of nitrogens with one attached hydrogen (secondary N) is 1. The van der Waals surface area contributed by atoms with E-state index >= 15 is 8.78 Å². The van der Waals surface area contributed by atoms with E-state index in [0.717, 1.165) is 80.6 Å². The zero-order chi connectivity index (χ0) is 99.8. The average molecular weight is 2030 g/mol. The molecule has 2 aromatic heterocycles. The number of aliphatic carboxylic acids is 1. The fraction of sp³-hybridized carbons (Fsp3) is 0.327. The Labute approximate surface area is 850 Å². The summed E-state index contributed by atoms with van der Waals surface area (Å²) >= 11 is 37.6. The third-order valence-electron chi connectivity index (χ3n) is 24.5. The number of amides is 1. The summed E-state index contributed by atoms with van der Waals surface area (Å²) in [4.78, 5) is 86.1. The normalized spacial score (nSPS) is 15.3. The Morgan fingerprint density at radius 1 is 0.440 bits per heavy atom. The first-order chi connectivity index (χ1) is 68.2. The molecule has 2 fully saturated rings. The molecule has 0 saturated carbocycles. The van der Waals surface area contributed by atoms with Crippen LogP contribution in [0.25, 0.3) is 22.5 Å². The smallest absolute Gasteiger partial charge is 0.329 e. The summed E-state index contributed by atoms with van der Waals surface area (Å²) in [6.45, 7) is 13.6. The van der Waals surface area contributed by atoms with Gasteiger partial charge < -0.3 is 63.0 Å². The third-order valence-corrected chi connectivity index (χ3v) is 26.0. The van der Waals surface area contributed by atoms with Gasteiger partial charge in [-0.25, -0.2) is 33.5 Å². The fourth-order valence-corrected chi connectivity index (χ4v) is 18.9. The molecular weight excluding hydrogens is 1920 g/mol. The first-order valence-electron chi connectivity index (χ1n) is 46.8. The lowest BCUT2D eigenvalue weighted by atomic mass is 9.93. The topological polar surface area (TPSA) is 260 Å². The van der Waals surface area contributed by atoms with Gasteiger partial charge in [-0.3, -0.25) is 24.4 Å². The van der Waals surface area contributed by atoms with Crippen LogP contribution in [-0.4, -0.2) is 184 Å². The summed E-state index contributed by atoms with van der Waals surface area (Å²) < 4.78 is 74.8. The molecule has 0 unspecified atom stereocenters. The minimum Gasteiger partial charge on any atom is -0.496 e. The molecule has 0 bridgehead atoms. The van der Waals surface area contributed by atoms with Gasteiger partial charge in [0.1, 0.15) is 59.5 Å². The van der Waals surface area contributed by atoms with Crippen LogP contribution in [0.1, 0.15) is 166 Å². The maximum atomic E-state index is 15.4. The summed E-state index contributed by atoms with van der Waals surface area (Å²) in [5.74, 6) is 1.56. The standard InChI is InChI=1S/C55H55Cl3FN5O6.C35H33ClFN3O7.C20H24Cl2N2/c1-34(2)25-42-31-63(32-47(36-11-13-38(56)14-12-36)64(42)41-18-15-39(57)16-19-41)52(66)33-70-24-23-69-22-6-8-48(65)44-20-10-35(26-50(44)68-4)27-51-60-29-37-30-61-55(53-46(59)7-5-9-49(53)67-3)45-28-40(58)17-21-43(45)54(37)62-51;1-44-29-7-3-5-27(37)33(29)35-26-17-23(36)9-11-24(26)34-22(19-39-35)18-38-31(40-34)16-21-8-10-25(30(15-21)45-2)28(41)6-4-12-46-13-14-47-20-32(42)43;1-14(2)11-19-12-23-13-20(15-3-5-16(21)6-4-15)24(19)18-9-7-17(22)8-10-18/h5,7,9-21,26,28-29,34,42,47H,6,8,22-25,27,30-33H2,1-4H3;3,5,7-11,15,17-18H,4,6,12-14,16,19-20H2,1-2H3,(H,42,43);3-10,14,19-20,23H,11-13H2,1-2H3/t42-,47-;;19-,20-/m0.0/s1. The van der Waals surface area contributed by atoms with E-state index in [1.807, 2.05) is 108 Å². The Bertz CT molecular complexity index is 6430. The second-order valence-electron chi connectivity index (χ2n) is 35.3. The van der Waals surface area contributed by atoms with E-state index in [1.165, 1.54) is 51.8 Å². The highest BCUT2D eigenvalue weighted by molar-refractivity contribution is 6.33. The number of halogens is 8. The Hall–Kier alpha value is -11.8. The first-order valence-corrected chi connectivity index (χ1v) is 49.1. The molecule has 31 heteroatoms. The van der Waals surface area contributed by atoms with Gasteiger partial charge in [-0.2, -0.15) is 0 Å². The van der Waals surface area contributed by atoms with Crippen LogP contribution in [0.3, 0.4) is 0 Å². The minimum atomic E-state index is -1.04. The number of Topliss-reactive ketones (excluding diaryl/α,β-unsaturated/α-hetero) is 2. The number of methoxy groups -OCH3 is 4. The Balaban J connectivity index is 0.000000190. The Kier molecular flexibility index (Phi) is 37.8. The van der Waals surface area contributed by atoms with Gasteiger partial charge in [0, 0.05) is 164 Å². The van der Waals surface area contributed by atoms with Crippen LogP contribution in [0.15, 0.2) is 229 Å².